The number of ether oxygens (including phenoxy) is 1. The lowest BCUT2D eigenvalue weighted by atomic mass is 10.1. The van der Waals surface area contributed by atoms with Gasteiger partial charge in [-0.15, -0.1) is 0 Å². The van der Waals surface area contributed by atoms with E-state index in [0.29, 0.717) is 6.42 Å². The number of halogens is 3. The van der Waals surface area contributed by atoms with Crippen molar-refractivity contribution in [3.63, 3.8) is 0 Å². The van der Waals surface area contributed by atoms with Crippen LogP contribution in [0.5, 0.6) is 5.88 Å². The highest BCUT2D eigenvalue weighted by Crippen LogP contribution is 2.35. The second-order valence-corrected chi connectivity index (χ2v) is 4.89. The molecule has 0 saturated carbocycles. The minimum absolute atomic E-state index is 0.0741. The molecule has 1 N–H and O–H groups in total. The van der Waals surface area contributed by atoms with Crippen LogP contribution in [-0.2, 0) is 12.6 Å². The maximum absolute atomic E-state index is 13.0. The van der Waals surface area contributed by atoms with Crippen molar-refractivity contribution < 1.29 is 17.9 Å². The summed E-state index contributed by atoms with van der Waals surface area (Å²) in [6.45, 7) is 3.96. The summed E-state index contributed by atoms with van der Waals surface area (Å²) in [5.41, 5.74) is 0.809. The zero-order chi connectivity index (χ0) is 16.9. The number of alkyl halides is 3. The quantitative estimate of drug-likeness (QED) is 0.844. The molecule has 1 heterocycles. The molecule has 0 radical (unpaired) electrons. The first-order valence-electron chi connectivity index (χ1n) is 7.37. The van der Waals surface area contributed by atoms with Crippen LogP contribution in [0.2, 0.25) is 0 Å². The third-order valence-corrected chi connectivity index (χ3v) is 3.15. The van der Waals surface area contributed by atoms with E-state index in [1.807, 2.05) is 38.1 Å². The lowest BCUT2D eigenvalue weighted by Gasteiger charge is -2.14. The predicted octanol–water partition coefficient (Wildman–Crippen LogP) is 4.59. The van der Waals surface area contributed by atoms with Crippen LogP contribution in [0.1, 0.15) is 31.4 Å². The van der Waals surface area contributed by atoms with Gasteiger partial charge in [0.05, 0.1) is 6.61 Å². The van der Waals surface area contributed by atoms with Crippen LogP contribution >= 0.6 is 0 Å². The summed E-state index contributed by atoms with van der Waals surface area (Å²) in [6.07, 6.45) is -2.44. The molecular weight excluding hydrogens is 307 g/mol. The molecule has 0 spiro atoms. The molecule has 23 heavy (non-hydrogen) atoms. The van der Waals surface area contributed by atoms with Gasteiger partial charge in [0.1, 0.15) is 5.56 Å². The van der Waals surface area contributed by atoms with Gasteiger partial charge in [-0.25, -0.2) is 4.98 Å². The Morgan fingerprint density at radius 1 is 1.17 bits per heavy atom. The van der Waals surface area contributed by atoms with Crippen LogP contribution in [-0.4, -0.2) is 16.6 Å². The Bertz CT molecular complexity index is 659. The van der Waals surface area contributed by atoms with Gasteiger partial charge in [0.25, 0.3) is 0 Å². The number of benzene rings is 1. The molecule has 0 bridgehead atoms. The Kier molecular flexibility index (Phi) is 5.41. The molecule has 0 unspecified atom stereocenters. The number of nitrogens with zero attached hydrogens (tertiary/aromatic N) is 2. The number of aromatic nitrogens is 2. The third-order valence-electron chi connectivity index (χ3n) is 3.15. The molecule has 4 nitrogen and oxygen atoms in total. The Morgan fingerprint density at radius 3 is 2.57 bits per heavy atom. The van der Waals surface area contributed by atoms with Crippen molar-refractivity contribution in [3.8, 4) is 5.88 Å². The van der Waals surface area contributed by atoms with Crippen molar-refractivity contribution in [1.82, 2.24) is 9.97 Å². The normalized spacial score (nSPS) is 11.3. The number of hydrogen-bond acceptors (Lipinski definition) is 4. The van der Waals surface area contributed by atoms with Crippen molar-refractivity contribution in [1.29, 1.82) is 0 Å². The maximum Gasteiger partial charge on any atom is 0.423 e. The van der Waals surface area contributed by atoms with Gasteiger partial charge in [-0.2, -0.15) is 18.2 Å². The molecule has 1 aromatic carbocycles. The van der Waals surface area contributed by atoms with E-state index in [4.69, 9.17) is 4.74 Å². The van der Waals surface area contributed by atoms with Gasteiger partial charge in [-0.3, -0.25) is 0 Å². The van der Waals surface area contributed by atoms with E-state index in [1.165, 1.54) is 0 Å². The predicted molar refractivity (Wildman–Crippen MR) is 81.9 cm³/mol. The molecule has 0 aliphatic rings. The van der Waals surface area contributed by atoms with Crippen molar-refractivity contribution in [3.05, 3.63) is 41.6 Å². The summed E-state index contributed by atoms with van der Waals surface area (Å²) in [7, 11) is 0. The van der Waals surface area contributed by atoms with Gasteiger partial charge >= 0.3 is 6.18 Å². The van der Waals surface area contributed by atoms with E-state index in [0.717, 1.165) is 23.9 Å². The molecule has 0 saturated heterocycles. The van der Waals surface area contributed by atoms with Gasteiger partial charge < -0.3 is 10.1 Å². The molecule has 1 aromatic heterocycles. The zero-order valence-corrected chi connectivity index (χ0v) is 12.9. The third kappa shape index (κ3) is 4.34. The summed E-state index contributed by atoms with van der Waals surface area (Å²) >= 11 is 0. The topological polar surface area (TPSA) is 47.0 Å². The highest BCUT2D eigenvalue weighted by Gasteiger charge is 2.36. The molecule has 2 rings (SSSR count). The van der Waals surface area contributed by atoms with Crippen LogP contribution in [0.4, 0.5) is 24.8 Å². The minimum Gasteiger partial charge on any atom is -0.477 e. The Labute approximate surface area is 132 Å². The standard InChI is InChI=1S/C16H18F3N3O/c1-3-9-23-14-12(16(17,18)19)10-20-15(22-14)21-13-8-6-5-7-11(13)4-2/h5-8,10H,3-4,9H2,1-2H3,(H,20,21,22). The Hall–Kier alpha value is -2.31. The van der Waals surface area contributed by atoms with Crippen LogP contribution in [0.25, 0.3) is 0 Å². The first-order chi connectivity index (χ1) is 11.0. The average Bonchev–Trinajstić information content (AvgIpc) is 2.52. The summed E-state index contributed by atoms with van der Waals surface area (Å²) in [4.78, 5) is 7.65. The smallest absolute Gasteiger partial charge is 0.423 e. The van der Waals surface area contributed by atoms with Gasteiger partial charge in [0.2, 0.25) is 11.8 Å². The lowest BCUT2D eigenvalue weighted by molar-refractivity contribution is -0.139. The van der Waals surface area contributed by atoms with E-state index in [1.54, 1.807) is 0 Å². The van der Waals surface area contributed by atoms with Crippen LogP contribution in [0.3, 0.4) is 0 Å². The van der Waals surface area contributed by atoms with E-state index in [-0.39, 0.29) is 12.6 Å². The van der Waals surface area contributed by atoms with Crippen molar-refractivity contribution in [2.45, 2.75) is 32.9 Å². The molecule has 0 aliphatic heterocycles. The Balaban J connectivity index is 2.33. The van der Waals surface area contributed by atoms with Gasteiger partial charge in [0.15, 0.2) is 0 Å². The molecule has 7 heteroatoms. The highest BCUT2D eigenvalue weighted by molar-refractivity contribution is 5.58. The van der Waals surface area contributed by atoms with Gasteiger partial charge in [-0.05, 0) is 24.5 Å². The summed E-state index contributed by atoms with van der Waals surface area (Å²) in [6, 6.07) is 7.49. The summed E-state index contributed by atoms with van der Waals surface area (Å²) in [5, 5.41) is 2.95. The van der Waals surface area contributed by atoms with Gasteiger partial charge in [-0.1, -0.05) is 32.0 Å². The van der Waals surface area contributed by atoms with Crippen LogP contribution in [0.15, 0.2) is 30.5 Å². The van der Waals surface area contributed by atoms with E-state index in [9.17, 15) is 13.2 Å². The minimum atomic E-state index is -4.55. The average molecular weight is 325 g/mol. The van der Waals surface area contributed by atoms with Crippen molar-refractivity contribution in [2.75, 3.05) is 11.9 Å². The first-order valence-corrected chi connectivity index (χ1v) is 7.37. The molecule has 0 fully saturated rings. The number of rotatable bonds is 6. The number of hydrogen-bond donors (Lipinski definition) is 1. The second kappa shape index (κ2) is 7.30. The van der Waals surface area contributed by atoms with Crippen LogP contribution < -0.4 is 10.1 Å². The SMILES string of the molecule is CCCOc1nc(Nc2ccccc2CC)ncc1C(F)(F)F. The van der Waals surface area contributed by atoms with Gasteiger partial charge in [0, 0.05) is 11.9 Å². The molecule has 2 aromatic rings. The maximum atomic E-state index is 13.0. The fourth-order valence-corrected chi connectivity index (χ4v) is 2.00. The summed E-state index contributed by atoms with van der Waals surface area (Å²) in [5.74, 6) is -0.379. The van der Waals surface area contributed by atoms with Crippen molar-refractivity contribution >= 4 is 11.6 Å². The largest absolute Gasteiger partial charge is 0.477 e. The fraction of sp³-hybridized carbons (Fsp3) is 0.375. The number of aryl methyl sites for hydroxylation is 1. The number of para-hydroxylation sites is 1. The molecular formula is C16H18F3N3O. The molecule has 0 atom stereocenters. The molecule has 0 amide bonds. The fourth-order valence-electron chi connectivity index (χ4n) is 2.00. The lowest BCUT2D eigenvalue weighted by Crippen LogP contribution is -2.13. The van der Waals surface area contributed by atoms with Crippen LogP contribution in [0, 0.1) is 0 Å². The van der Waals surface area contributed by atoms with E-state index < -0.39 is 17.6 Å². The number of anilines is 2. The molecule has 124 valence electrons. The highest BCUT2D eigenvalue weighted by atomic mass is 19.4. The molecule has 0 aliphatic carbocycles. The zero-order valence-electron chi connectivity index (χ0n) is 12.9. The monoisotopic (exact) mass is 325 g/mol. The Morgan fingerprint density at radius 2 is 1.91 bits per heavy atom. The summed E-state index contributed by atoms with van der Waals surface area (Å²) < 4.78 is 44.1. The van der Waals surface area contributed by atoms with Crippen molar-refractivity contribution in [2.24, 2.45) is 0 Å². The van der Waals surface area contributed by atoms with E-state index in [2.05, 4.69) is 15.3 Å². The number of nitrogens with one attached hydrogen (secondary N) is 1. The first kappa shape index (κ1) is 17.1. The van der Waals surface area contributed by atoms with E-state index >= 15 is 0 Å². The second-order valence-electron chi connectivity index (χ2n) is 4.89.